The summed E-state index contributed by atoms with van der Waals surface area (Å²) in [6.45, 7) is 1.82. The van der Waals surface area contributed by atoms with Crippen LogP contribution in [0.25, 0.3) is 6.08 Å². The molecule has 2 aromatic rings. The van der Waals surface area contributed by atoms with Gasteiger partial charge in [0.15, 0.2) is 0 Å². The summed E-state index contributed by atoms with van der Waals surface area (Å²) in [4.78, 5) is 18.8. The van der Waals surface area contributed by atoms with Gasteiger partial charge < -0.3 is 9.64 Å². The Morgan fingerprint density at radius 3 is 2.88 bits per heavy atom. The van der Waals surface area contributed by atoms with Crippen LogP contribution in [-0.4, -0.2) is 34.5 Å². The minimum atomic E-state index is -0.397. The third-order valence-corrected chi connectivity index (χ3v) is 4.79. The van der Waals surface area contributed by atoms with E-state index in [0.29, 0.717) is 5.56 Å². The van der Waals surface area contributed by atoms with Crippen LogP contribution in [0.2, 0.25) is 0 Å². The summed E-state index contributed by atoms with van der Waals surface area (Å²) < 4.78 is 5.96. The fourth-order valence-corrected chi connectivity index (χ4v) is 3.67. The Hall–Kier alpha value is -2.62. The molecule has 1 unspecified atom stereocenters. The van der Waals surface area contributed by atoms with Gasteiger partial charge in [-0.3, -0.25) is 4.98 Å². The molecular formula is C20H20N2O2. The maximum atomic E-state index is 12.5. The average molecular weight is 320 g/mol. The van der Waals surface area contributed by atoms with Gasteiger partial charge in [0, 0.05) is 31.1 Å². The monoisotopic (exact) mass is 320 g/mol. The molecule has 2 aliphatic heterocycles. The number of carbonyl (C=O) groups excluding carboxylic acids is 1. The Labute approximate surface area is 141 Å². The molecule has 0 amide bonds. The smallest absolute Gasteiger partial charge is 0.340 e. The molecule has 1 aromatic carbocycles. The van der Waals surface area contributed by atoms with Crippen molar-refractivity contribution in [3.8, 4) is 0 Å². The lowest BCUT2D eigenvalue weighted by Crippen LogP contribution is -2.42. The second kappa shape index (κ2) is 6.11. The van der Waals surface area contributed by atoms with Crippen molar-refractivity contribution in [3.05, 3.63) is 71.7 Å². The molecule has 2 aliphatic rings. The Morgan fingerprint density at radius 2 is 2.08 bits per heavy atom. The van der Waals surface area contributed by atoms with Gasteiger partial charge in [-0.1, -0.05) is 30.3 Å². The molecule has 1 atom stereocenters. The highest BCUT2D eigenvalue weighted by Crippen LogP contribution is 2.41. The standard InChI is InChI=1S/C20H20N2O2/c23-19(17-8-4-10-21-14-17)24-20-9-5-11-22(15-20)18(13-20)12-16-6-2-1-3-7-16/h1-4,6-8,10,12,14H,5,9,11,13,15H2/b18-12+. The van der Waals surface area contributed by atoms with E-state index in [1.165, 1.54) is 11.3 Å². The molecule has 0 spiro atoms. The molecule has 2 fully saturated rings. The Morgan fingerprint density at radius 1 is 1.21 bits per heavy atom. The van der Waals surface area contributed by atoms with E-state index < -0.39 is 5.60 Å². The molecule has 0 N–H and O–H groups in total. The van der Waals surface area contributed by atoms with Gasteiger partial charge in [-0.15, -0.1) is 0 Å². The van der Waals surface area contributed by atoms with Crippen LogP contribution >= 0.6 is 0 Å². The normalized spacial score (nSPS) is 24.2. The van der Waals surface area contributed by atoms with Crippen molar-refractivity contribution in [2.45, 2.75) is 24.9 Å². The van der Waals surface area contributed by atoms with E-state index in [9.17, 15) is 4.79 Å². The van der Waals surface area contributed by atoms with Crippen LogP contribution in [0.4, 0.5) is 0 Å². The first-order chi connectivity index (χ1) is 11.7. The summed E-state index contributed by atoms with van der Waals surface area (Å²) in [5.41, 5.74) is 2.57. The van der Waals surface area contributed by atoms with Crippen LogP contribution in [0.1, 0.15) is 35.2 Å². The number of benzene rings is 1. The van der Waals surface area contributed by atoms with Crippen LogP contribution in [0.3, 0.4) is 0 Å². The third-order valence-electron chi connectivity index (χ3n) is 4.79. The van der Waals surface area contributed by atoms with Crippen molar-refractivity contribution in [1.29, 1.82) is 0 Å². The number of hydrogen-bond acceptors (Lipinski definition) is 4. The largest absolute Gasteiger partial charge is 0.453 e. The van der Waals surface area contributed by atoms with Gasteiger partial charge >= 0.3 is 5.97 Å². The van der Waals surface area contributed by atoms with Crippen LogP contribution in [0, 0.1) is 0 Å². The van der Waals surface area contributed by atoms with Crippen molar-refractivity contribution >= 4 is 12.0 Å². The van der Waals surface area contributed by atoms with Gasteiger partial charge in [0.05, 0.1) is 12.1 Å². The first kappa shape index (κ1) is 14.9. The van der Waals surface area contributed by atoms with E-state index >= 15 is 0 Å². The van der Waals surface area contributed by atoms with Crippen molar-refractivity contribution in [1.82, 2.24) is 9.88 Å². The summed E-state index contributed by atoms with van der Waals surface area (Å²) in [6, 6.07) is 13.8. The van der Waals surface area contributed by atoms with Crippen molar-refractivity contribution in [3.63, 3.8) is 0 Å². The summed E-state index contributed by atoms with van der Waals surface area (Å²) in [5.74, 6) is -0.272. The molecule has 2 bridgehead atoms. The van der Waals surface area contributed by atoms with Gasteiger partial charge in [0.2, 0.25) is 0 Å². The first-order valence-electron chi connectivity index (χ1n) is 8.38. The number of ether oxygens (including phenoxy) is 1. The fraction of sp³-hybridized carbons (Fsp3) is 0.300. The number of carbonyl (C=O) groups is 1. The molecule has 0 radical (unpaired) electrons. The Bertz CT molecular complexity index is 758. The molecule has 0 aliphatic carbocycles. The molecule has 4 rings (SSSR count). The highest BCUT2D eigenvalue weighted by atomic mass is 16.6. The predicted molar refractivity (Wildman–Crippen MR) is 92.2 cm³/mol. The predicted octanol–water partition coefficient (Wildman–Crippen LogP) is 3.52. The van der Waals surface area contributed by atoms with Gasteiger partial charge in [-0.05, 0) is 36.6 Å². The number of fused-ring (bicyclic) bond motifs is 2. The van der Waals surface area contributed by atoms with E-state index in [0.717, 1.165) is 32.4 Å². The maximum Gasteiger partial charge on any atom is 0.340 e. The van der Waals surface area contributed by atoms with Crippen molar-refractivity contribution in [2.24, 2.45) is 0 Å². The minimum absolute atomic E-state index is 0.272. The van der Waals surface area contributed by atoms with Crippen molar-refractivity contribution < 1.29 is 9.53 Å². The minimum Gasteiger partial charge on any atom is -0.453 e. The summed E-state index contributed by atoms with van der Waals surface area (Å²) >= 11 is 0. The molecule has 2 saturated heterocycles. The Balaban J connectivity index is 1.55. The lowest BCUT2D eigenvalue weighted by Gasteiger charge is -2.33. The number of rotatable bonds is 3. The van der Waals surface area contributed by atoms with E-state index in [2.05, 4.69) is 28.1 Å². The number of pyridine rings is 1. The van der Waals surface area contributed by atoms with E-state index in [4.69, 9.17) is 4.74 Å². The zero-order chi connectivity index (χ0) is 16.4. The quantitative estimate of drug-likeness (QED) is 0.812. The van der Waals surface area contributed by atoms with Crippen LogP contribution < -0.4 is 0 Å². The number of aromatic nitrogens is 1. The molecule has 4 nitrogen and oxygen atoms in total. The van der Waals surface area contributed by atoms with Crippen LogP contribution in [0.5, 0.6) is 0 Å². The third kappa shape index (κ3) is 2.92. The topological polar surface area (TPSA) is 42.4 Å². The van der Waals surface area contributed by atoms with Gasteiger partial charge in [-0.2, -0.15) is 0 Å². The molecule has 1 aromatic heterocycles. The molecule has 122 valence electrons. The molecule has 0 saturated carbocycles. The number of piperidine rings is 1. The number of esters is 1. The van der Waals surface area contributed by atoms with Gasteiger partial charge in [0.1, 0.15) is 5.60 Å². The summed E-state index contributed by atoms with van der Waals surface area (Å²) in [6.07, 6.45) is 8.19. The van der Waals surface area contributed by atoms with Crippen LogP contribution in [-0.2, 0) is 4.74 Å². The van der Waals surface area contributed by atoms with Crippen molar-refractivity contribution in [2.75, 3.05) is 13.1 Å². The van der Waals surface area contributed by atoms with E-state index in [1.54, 1.807) is 24.5 Å². The van der Waals surface area contributed by atoms with E-state index in [1.807, 2.05) is 18.2 Å². The molecule has 24 heavy (non-hydrogen) atoms. The van der Waals surface area contributed by atoms with Crippen LogP contribution in [0.15, 0.2) is 60.6 Å². The number of hydrogen-bond donors (Lipinski definition) is 0. The van der Waals surface area contributed by atoms with Gasteiger partial charge in [0.25, 0.3) is 0 Å². The highest BCUT2D eigenvalue weighted by Gasteiger charge is 2.46. The molecular weight excluding hydrogens is 300 g/mol. The van der Waals surface area contributed by atoms with Gasteiger partial charge in [-0.25, -0.2) is 4.79 Å². The summed E-state index contributed by atoms with van der Waals surface area (Å²) in [5, 5.41) is 0. The number of nitrogens with zero attached hydrogens (tertiary/aromatic N) is 2. The fourth-order valence-electron chi connectivity index (χ4n) is 3.67. The second-order valence-electron chi connectivity index (χ2n) is 6.56. The lowest BCUT2D eigenvalue weighted by atomic mass is 9.94. The zero-order valence-corrected chi connectivity index (χ0v) is 13.5. The SMILES string of the molecule is O=C(OC12CCCN(C1)/C(=C/c1ccccc1)C2)c1cccnc1. The molecule has 4 heteroatoms. The Kier molecular flexibility index (Phi) is 3.81. The second-order valence-corrected chi connectivity index (χ2v) is 6.56. The highest BCUT2D eigenvalue weighted by molar-refractivity contribution is 5.89. The first-order valence-corrected chi connectivity index (χ1v) is 8.38. The summed E-state index contributed by atoms with van der Waals surface area (Å²) in [7, 11) is 0. The molecule has 3 heterocycles. The maximum absolute atomic E-state index is 12.5. The zero-order valence-electron chi connectivity index (χ0n) is 13.5. The average Bonchev–Trinajstić information content (AvgIpc) is 2.86. The van der Waals surface area contributed by atoms with E-state index in [-0.39, 0.29) is 5.97 Å². The lowest BCUT2D eigenvalue weighted by molar-refractivity contribution is -0.0270.